The minimum Gasteiger partial charge on any atom is -0.479 e. The molecular weight excluding hydrogens is 1420 g/mol. The summed E-state index contributed by atoms with van der Waals surface area (Å²) in [5.74, 6) is -6.61. The number of aliphatic hydroxyl groups is 3. The molecule has 5 aromatic rings. The maximum Gasteiger partial charge on any atom is 0.411 e. The molecule has 1 fully saturated rings. The van der Waals surface area contributed by atoms with E-state index in [1.165, 1.54) is 43.2 Å². The topological polar surface area (TPSA) is 439 Å². The van der Waals surface area contributed by atoms with Crippen LogP contribution in [-0.2, 0) is 87.2 Å². The monoisotopic (exact) mass is 1530 g/mol. The highest BCUT2D eigenvalue weighted by molar-refractivity contribution is 6.00. The average Bonchev–Trinajstić information content (AvgIpc) is 1.50. The Balaban J connectivity index is 0.991. The Labute approximate surface area is 639 Å². The summed E-state index contributed by atoms with van der Waals surface area (Å²) in [6, 6.07) is 22.3. The molecule has 1 aromatic heterocycles. The zero-order valence-corrected chi connectivity index (χ0v) is 64.6. The van der Waals surface area contributed by atoms with E-state index < -0.39 is 126 Å². The van der Waals surface area contributed by atoms with E-state index >= 15 is 0 Å². The number of carboxylic acids is 2. The molecule has 0 aliphatic carbocycles. The number of carboxylic acid groups (broad SMARTS) is 2. The number of aromatic nitrogens is 3. The van der Waals surface area contributed by atoms with E-state index in [1.807, 2.05) is 116 Å². The molecule has 32 nitrogen and oxygen atoms in total. The summed E-state index contributed by atoms with van der Waals surface area (Å²) in [6.07, 6.45) is -9.22. The maximum atomic E-state index is 14.4. The number of likely N-dealkylation sites (N-methyl/N-ethyl adjacent to an activating group) is 2. The van der Waals surface area contributed by atoms with Crippen LogP contribution in [0.15, 0.2) is 103 Å². The number of nitrogens with one attached hydrogen (secondary N) is 7. The number of carbonyl (C=O) groups excluding carboxylic acids is 8. The van der Waals surface area contributed by atoms with Gasteiger partial charge in [-0.2, -0.15) is 0 Å². The molecule has 110 heavy (non-hydrogen) atoms. The van der Waals surface area contributed by atoms with Crippen LogP contribution in [0, 0.1) is 11.3 Å². The highest BCUT2D eigenvalue weighted by atomic mass is 16.7. The zero-order valence-electron chi connectivity index (χ0n) is 64.6. The summed E-state index contributed by atoms with van der Waals surface area (Å²) >= 11 is 0. The van der Waals surface area contributed by atoms with E-state index in [2.05, 4.69) is 47.5 Å². The summed E-state index contributed by atoms with van der Waals surface area (Å²) in [6.45, 7) is 17.7. The number of aliphatic carboxylic acids is 2. The molecular formula is C78H106N12O20. The summed E-state index contributed by atoms with van der Waals surface area (Å²) in [5.41, 5.74) is 4.30. The number of amides is 8. The number of ether oxygens (including phenoxy) is 5. The van der Waals surface area contributed by atoms with Crippen molar-refractivity contribution in [1.29, 1.82) is 0 Å². The van der Waals surface area contributed by atoms with Gasteiger partial charge in [0.05, 0.1) is 49.8 Å². The molecule has 9 atom stereocenters. The molecule has 9 unspecified atom stereocenters. The van der Waals surface area contributed by atoms with Crippen molar-refractivity contribution in [2.75, 3.05) is 64.3 Å². The van der Waals surface area contributed by atoms with Crippen LogP contribution in [0.3, 0.4) is 0 Å². The minimum atomic E-state index is -2.04. The summed E-state index contributed by atoms with van der Waals surface area (Å²) < 4.78 is 29.2. The molecule has 0 radical (unpaired) electrons. The van der Waals surface area contributed by atoms with E-state index in [9.17, 15) is 73.5 Å². The number of anilines is 2. The molecule has 3 heterocycles. The van der Waals surface area contributed by atoms with Crippen LogP contribution in [0.5, 0.6) is 5.75 Å². The smallest absolute Gasteiger partial charge is 0.411 e. The Morgan fingerprint density at radius 2 is 1.43 bits per heavy atom. The van der Waals surface area contributed by atoms with Gasteiger partial charge < -0.3 is 90.9 Å². The number of carbonyl (C=O) groups is 10. The van der Waals surface area contributed by atoms with Crippen LogP contribution < -0.4 is 46.9 Å². The lowest BCUT2D eigenvalue weighted by atomic mass is 9.76. The van der Waals surface area contributed by atoms with Gasteiger partial charge in [0.15, 0.2) is 6.10 Å². The SMILES string of the molecule is CNC(C(=O)NC(C(=O)N(C)C(/C=C(\C)C(=O)O)C(C)C)C(C)(C)C)C(C)(C)c1cccc(NC(=O)OCc2ccc(OC3OC(C(=O)O)C(O)C(O)C3O)c(CNC(=O)CCNC(=O)C(CNC(=O)CCOCCOC)NC(=O)CCCCC(=O)N3Cc4ccccc4-c4nnn(C(C)C)c4-c4ccccc43)c2)c1. The summed E-state index contributed by atoms with van der Waals surface area (Å²) in [5, 5.41) is 79.8. The van der Waals surface area contributed by atoms with E-state index in [0.717, 1.165) is 22.4 Å². The molecule has 7 rings (SSSR count). The number of aliphatic hydroxyl groups excluding tert-OH is 3. The van der Waals surface area contributed by atoms with E-state index in [1.54, 1.807) is 43.3 Å². The van der Waals surface area contributed by atoms with Gasteiger partial charge in [0.25, 0.3) is 0 Å². The lowest BCUT2D eigenvalue weighted by Crippen LogP contribution is -2.61. The third-order valence-corrected chi connectivity index (χ3v) is 19.1. The third kappa shape index (κ3) is 23.2. The fourth-order valence-corrected chi connectivity index (χ4v) is 12.8. The van der Waals surface area contributed by atoms with Crippen LogP contribution in [0.25, 0.3) is 22.5 Å². The molecule has 0 saturated carbocycles. The lowest BCUT2D eigenvalue weighted by Gasteiger charge is -2.40. The Morgan fingerprint density at radius 3 is 2.10 bits per heavy atom. The van der Waals surface area contributed by atoms with Crippen LogP contribution in [0.2, 0.25) is 0 Å². The number of hydrogen-bond donors (Lipinski definition) is 12. The molecule has 8 amide bonds. The van der Waals surface area contributed by atoms with Gasteiger partial charge in [0.2, 0.25) is 47.6 Å². The molecule has 2 aliphatic heterocycles. The first-order valence-corrected chi connectivity index (χ1v) is 36.6. The number of unbranched alkanes of at least 4 members (excludes halogenated alkanes) is 1. The second-order valence-corrected chi connectivity index (χ2v) is 29.4. The van der Waals surface area contributed by atoms with Gasteiger partial charge in [0.1, 0.15) is 48.4 Å². The molecule has 598 valence electrons. The predicted molar refractivity (Wildman–Crippen MR) is 404 cm³/mol. The van der Waals surface area contributed by atoms with E-state index in [0.29, 0.717) is 35.5 Å². The summed E-state index contributed by atoms with van der Waals surface area (Å²) in [4.78, 5) is 138. The second-order valence-electron chi connectivity index (χ2n) is 29.4. The van der Waals surface area contributed by atoms with Crippen molar-refractivity contribution in [3.8, 4) is 28.3 Å². The fourth-order valence-electron chi connectivity index (χ4n) is 12.8. The number of fused-ring (bicyclic) bond motifs is 5. The molecule has 0 bridgehead atoms. The number of para-hydroxylation sites is 1. The van der Waals surface area contributed by atoms with E-state index in [-0.39, 0.29) is 112 Å². The second kappa shape index (κ2) is 39.9. The van der Waals surface area contributed by atoms with Crippen LogP contribution in [0.1, 0.15) is 136 Å². The van der Waals surface area contributed by atoms with Crippen molar-refractivity contribution < 1.29 is 97.2 Å². The number of nitrogens with zero attached hydrogens (tertiary/aromatic N) is 5. The minimum absolute atomic E-state index is 0.0375. The van der Waals surface area contributed by atoms with Gasteiger partial charge in [-0.1, -0.05) is 120 Å². The van der Waals surface area contributed by atoms with Crippen molar-refractivity contribution in [3.05, 3.63) is 125 Å². The van der Waals surface area contributed by atoms with Crippen molar-refractivity contribution in [2.45, 2.75) is 194 Å². The van der Waals surface area contributed by atoms with Gasteiger partial charge in [0, 0.05) is 98.9 Å². The van der Waals surface area contributed by atoms with Crippen LogP contribution in [0.4, 0.5) is 16.2 Å². The Kier molecular flexibility index (Phi) is 31.6. The van der Waals surface area contributed by atoms with Crippen molar-refractivity contribution >= 4 is 70.8 Å². The molecule has 12 N–H and O–H groups in total. The fraction of sp³-hybridized carbons (Fsp3) is 0.513. The Bertz CT molecular complexity index is 4100. The van der Waals surface area contributed by atoms with Gasteiger partial charge in [-0.3, -0.25) is 38.9 Å². The molecule has 32 heteroatoms. The average molecular weight is 1530 g/mol. The molecule has 2 aliphatic rings. The highest BCUT2D eigenvalue weighted by Gasteiger charge is 2.49. The summed E-state index contributed by atoms with van der Waals surface area (Å²) in [7, 11) is 4.67. The number of benzene rings is 4. The highest BCUT2D eigenvalue weighted by Crippen LogP contribution is 2.43. The maximum absolute atomic E-state index is 14.4. The van der Waals surface area contributed by atoms with Crippen LogP contribution in [-0.4, -0.2) is 214 Å². The van der Waals surface area contributed by atoms with Gasteiger partial charge in [-0.05, 0) is 99.0 Å². The Hall–Kier alpha value is -10.2. The van der Waals surface area contributed by atoms with Crippen LogP contribution >= 0.6 is 0 Å². The first-order valence-electron chi connectivity index (χ1n) is 36.6. The standard InChI is InChI=1S/C78H106N12O20/c1-44(2)56(37-46(5)73(101)102)88(12)72(100)69(77(6,7)8)85-71(99)68(79-11)78(9,10)50-22-20-23-51(39-50)83-76(105)108-43-47-29-30-57(109-75-66(97)64(95)65(96)67(110-75)74(103)104)49(38-47)40-81-58(91)31-33-80-70(98)54(41-82-59(92)32-34-107-36-35-106-13)84-60(93)27-18-19-28-61(94)89-42-48-21-14-15-24-52(48)62-63(90(45(3)4)87-86-62)53-25-16-17-26-55(53)89/h14-17,20-26,29-30,37-39,44-45,54,56,64-69,75,79,95-97H,18-19,27-28,31-36,40-43H2,1-13H3,(H,80,98)(H,81,91)(H,82,92)(H,83,105)(H,84,93)(H,85,99)(H,101,102)(H,103,104)/b46-37+. The van der Waals surface area contributed by atoms with Crippen molar-refractivity contribution in [3.63, 3.8) is 0 Å². The Morgan fingerprint density at radius 1 is 0.736 bits per heavy atom. The van der Waals surface area contributed by atoms with Gasteiger partial charge in [-0.25, -0.2) is 19.1 Å². The third-order valence-electron chi connectivity index (χ3n) is 19.1. The van der Waals surface area contributed by atoms with Gasteiger partial charge in [-0.15, -0.1) is 5.10 Å². The van der Waals surface area contributed by atoms with Crippen molar-refractivity contribution in [1.82, 2.24) is 51.8 Å². The number of rotatable bonds is 37. The first-order chi connectivity index (χ1) is 52.1. The number of hydrogen-bond acceptors (Lipinski definition) is 21. The molecule has 0 spiro atoms. The molecule has 4 aromatic carbocycles. The normalized spacial score (nSPS) is 17.5. The quantitative estimate of drug-likeness (QED) is 0.0184. The lowest BCUT2D eigenvalue weighted by molar-refractivity contribution is -0.271. The van der Waals surface area contributed by atoms with Gasteiger partial charge >= 0.3 is 18.0 Å². The first kappa shape index (κ1) is 87.0. The van der Waals surface area contributed by atoms with E-state index in [4.69, 9.17) is 23.7 Å². The zero-order chi connectivity index (χ0) is 80.9. The van der Waals surface area contributed by atoms with Crippen molar-refractivity contribution in [2.24, 2.45) is 11.3 Å². The molecule has 1 saturated heterocycles. The predicted octanol–water partition coefficient (Wildman–Crippen LogP) is 5.01. The number of methoxy groups -OCH3 is 1. The largest absolute Gasteiger partial charge is 0.479 e.